The zero-order chi connectivity index (χ0) is 6.57. The third-order valence-corrected chi connectivity index (χ3v) is 1.09. The zero-order valence-electron chi connectivity index (χ0n) is 5.38. The lowest BCUT2D eigenvalue weighted by Gasteiger charge is -2.12. The van der Waals surface area contributed by atoms with Gasteiger partial charge in [-0.05, 0) is 33.2 Å². The molecule has 0 aliphatic heterocycles. The Hall–Kier alpha value is -0.240. The van der Waals surface area contributed by atoms with Gasteiger partial charge in [-0.1, -0.05) is 0 Å². The molecule has 0 aromatic heterocycles. The summed E-state index contributed by atoms with van der Waals surface area (Å²) in [4.78, 5) is 5.77. The van der Waals surface area contributed by atoms with Gasteiger partial charge < -0.3 is 0 Å². The van der Waals surface area contributed by atoms with E-state index in [2.05, 4.69) is 22.4 Å². The van der Waals surface area contributed by atoms with Crippen molar-refractivity contribution in [3.8, 4) is 0 Å². The first-order valence-corrected chi connectivity index (χ1v) is 2.82. The van der Waals surface area contributed by atoms with Gasteiger partial charge in [0.2, 0.25) is 0 Å². The number of rotatable bonds is 2. The summed E-state index contributed by atoms with van der Waals surface area (Å²) in [5, 5.41) is 2.32. The Morgan fingerprint density at radius 2 is 2.12 bits per heavy atom. The topological polar surface area (TPSA) is 15.6 Å². The van der Waals surface area contributed by atoms with Crippen LogP contribution in [-0.4, -0.2) is 30.3 Å². The number of aliphatic imine (C=N–C) groups is 1. The third-order valence-electron chi connectivity index (χ3n) is 0.987. The maximum Gasteiger partial charge on any atom is 0.109 e. The average molecular weight is 130 g/mol. The highest BCUT2D eigenvalue weighted by Crippen LogP contribution is 1.89. The Bertz CT molecular complexity index is 105. The summed E-state index contributed by atoms with van der Waals surface area (Å²) in [5.41, 5.74) is 0. The summed E-state index contributed by atoms with van der Waals surface area (Å²) in [7, 11) is 3.89. The first-order chi connectivity index (χ1) is 3.68. The van der Waals surface area contributed by atoms with Crippen molar-refractivity contribution >= 4 is 17.4 Å². The second-order valence-electron chi connectivity index (χ2n) is 1.82. The predicted octanol–water partition coefficient (Wildman–Crippen LogP) is 0.997. The standard InChI is InChI=1S/C5H10N2S/c1-5(6-4-8)7(2)3/h5H,1-3H3. The Labute approximate surface area is 55.2 Å². The van der Waals surface area contributed by atoms with Crippen molar-refractivity contribution in [2.75, 3.05) is 14.1 Å². The van der Waals surface area contributed by atoms with Crippen molar-refractivity contribution in [1.29, 1.82) is 0 Å². The third kappa shape index (κ3) is 2.86. The summed E-state index contributed by atoms with van der Waals surface area (Å²) < 4.78 is 0. The fourth-order valence-corrected chi connectivity index (χ4v) is 0.344. The van der Waals surface area contributed by atoms with Crippen LogP contribution in [0.1, 0.15) is 6.92 Å². The van der Waals surface area contributed by atoms with Gasteiger partial charge in [-0.25, -0.2) is 4.99 Å². The summed E-state index contributed by atoms with van der Waals surface area (Å²) >= 11 is 4.40. The summed E-state index contributed by atoms with van der Waals surface area (Å²) in [6.45, 7) is 1.96. The second kappa shape index (κ2) is 3.72. The fraction of sp³-hybridized carbons (Fsp3) is 0.800. The number of thiocarbonyl (C=S) groups is 1. The maximum atomic E-state index is 4.40. The van der Waals surface area contributed by atoms with Crippen molar-refractivity contribution in [1.82, 2.24) is 4.90 Å². The largest absolute Gasteiger partial charge is 0.288 e. The van der Waals surface area contributed by atoms with Gasteiger partial charge in [0.05, 0.1) is 5.16 Å². The van der Waals surface area contributed by atoms with Crippen molar-refractivity contribution in [2.24, 2.45) is 4.99 Å². The molecular weight excluding hydrogens is 120 g/mol. The minimum Gasteiger partial charge on any atom is -0.288 e. The van der Waals surface area contributed by atoms with Gasteiger partial charge in [-0.15, -0.1) is 0 Å². The van der Waals surface area contributed by atoms with Gasteiger partial charge in [0.1, 0.15) is 6.17 Å². The first-order valence-electron chi connectivity index (χ1n) is 2.42. The molecule has 0 fully saturated rings. The molecule has 0 aromatic rings. The molecule has 0 heterocycles. The molecule has 0 N–H and O–H groups in total. The van der Waals surface area contributed by atoms with E-state index in [-0.39, 0.29) is 6.17 Å². The minimum atomic E-state index is 0.160. The summed E-state index contributed by atoms with van der Waals surface area (Å²) in [6, 6.07) is 0. The van der Waals surface area contributed by atoms with E-state index in [1.54, 1.807) is 0 Å². The van der Waals surface area contributed by atoms with Crippen molar-refractivity contribution in [3.63, 3.8) is 0 Å². The molecule has 0 amide bonds. The molecule has 0 radical (unpaired) electrons. The van der Waals surface area contributed by atoms with Crippen LogP contribution in [0.25, 0.3) is 0 Å². The molecule has 8 heavy (non-hydrogen) atoms. The molecule has 0 bridgehead atoms. The van der Waals surface area contributed by atoms with Gasteiger partial charge in [0.25, 0.3) is 0 Å². The fourth-order valence-electron chi connectivity index (χ4n) is 0.192. The minimum absolute atomic E-state index is 0.160. The van der Waals surface area contributed by atoms with Gasteiger partial charge in [0.15, 0.2) is 0 Å². The van der Waals surface area contributed by atoms with Gasteiger partial charge in [-0.3, -0.25) is 4.90 Å². The van der Waals surface area contributed by atoms with Crippen LogP contribution < -0.4 is 0 Å². The zero-order valence-corrected chi connectivity index (χ0v) is 6.20. The lowest BCUT2D eigenvalue weighted by Crippen LogP contribution is -2.21. The van der Waals surface area contributed by atoms with Crippen molar-refractivity contribution in [2.45, 2.75) is 13.1 Å². The summed E-state index contributed by atoms with van der Waals surface area (Å²) in [5.74, 6) is 0. The van der Waals surface area contributed by atoms with Gasteiger partial charge in [-0.2, -0.15) is 0 Å². The quantitative estimate of drug-likeness (QED) is 0.409. The molecule has 0 aromatic carbocycles. The van der Waals surface area contributed by atoms with Crippen LogP contribution in [0, 0.1) is 0 Å². The Morgan fingerprint density at radius 1 is 1.62 bits per heavy atom. The predicted molar refractivity (Wildman–Crippen MR) is 38.2 cm³/mol. The monoisotopic (exact) mass is 130 g/mol. The molecule has 1 unspecified atom stereocenters. The molecular formula is C5H10N2S. The molecule has 0 saturated carbocycles. The maximum absolute atomic E-state index is 4.40. The van der Waals surface area contributed by atoms with E-state index in [1.807, 2.05) is 25.9 Å². The van der Waals surface area contributed by atoms with E-state index in [0.717, 1.165) is 0 Å². The van der Waals surface area contributed by atoms with Crippen LogP contribution in [-0.2, 0) is 0 Å². The molecule has 2 nitrogen and oxygen atoms in total. The first kappa shape index (κ1) is 7.76. The normalized spacial score (nSPS) is 13.0. The lowest BCUT2D eigenvalue weighted by atomic mass is 10.5. The highest BCUT2D eigenvalue weighted by molar-refractivity contribution is 7.78. The smallest absolute Gasteiger partial charge is 0.109 e. The number of hydrogen-bond acceptors (Lipinski definition) is 3. The van der Waals surface area contributed by atoms with Crippen LogP contribution in [0.5, 0.6) is 0 Å². The number of nitrogens with zero attached hydrogens (tertiary/aromatic N) is 2. The van der Waals surface area contributed by atoms with E-state index in [1.165, 1.54) is 0 Å². The molecule has 0 spiro atoms. The lowest BCUT2D eigenvalue weighted by molar-refractivity contribution is 0.325. The Balaban J connectivity index is 3.63. The van der Waals surface area contributed by atoms with Crippen LogP contribution in [0.3, 0.4) is 0 Å². The van der Waals surface area contributed by atoms with Gasteiger partial charge in [0, 0.05) is 0 Å². The number of isothiocyanates is 1. The van der Waals surface area contributed by atoms with Crippen LogP contribution in [0.4, 0.5) is 0 Å². The second-order valence-corrected chi connectivity index (χ2v) is 2.00. The average Bonchev–Trinajstić information content (AvgIpc) is 1.67. The SMILES string of the molecule is CC(N=C=S)N(C)C. The molecule has 0 aliphatic carbocycles. The highest BCUT2D eigenvalue weighted by atomic mass is 32.1. The molecule has 0 aliphatic rings. The summed E-state index contributed by atoms with van der Waals surface area (Å²) in [6.07, 6.45) is 0.160. The molecule has 0 saturated heterocycles. The van der Waals surface area contributed by atoms with Crippen LogP contribution in [0.2, 0.25) is 0 Å². The van der Waals surface area contributed by atoms with Crippen LogP contribution in [0.15, 0.2) is 4.99 Å². The Kier molecular flexibility index (Phi) is 3.61. The number of hydrogen-bond donors (Lipinski definition) is 0. The highest BCUT2D eigenvalue weighted by Gasteiger charge is 1.96. The van der Waals surface area contributed by atoms with E-state index in [9.17, 15) is 0 Å². The molecule has 46 valence electrons. The molecule has 0 rings (SSSR count). The Morgan fingerprint density at radius 3 is 2.25 bits per heavy atom. The molecule has 3 heteroatoms. The van der Waals surface area contributed by atoms with Crippen LogP contribution >= 0.6 is 12.2 Å². The van der Waals surface area contributed by atoms with E-state index >= 15 is 0 Å². The van der Waals surface area contributed by atoms with Crippen molar-refractivity contribution in [3.05, 3.63) is 0 Å². The van der Waals surface area contributed by atoms with E-state index in [4.69, 9.17) is 0 Å². The van der Waals surface area contributed by atoms with E-state index in [0.29, 0.717) is 0 Å². The molecule has 1 atom stereocenters. The van der Waals surface area contributed by atoms with E-state index < -0.39 is 0 Å². The van der Waals surface area contributed by atoms with Gasteiger partial charge >= 0.3 is 0 Å². The van der Waals surface area contributed by atoms with Crippen molar-refractivity contribution < 1.29 is 0 Å².